The minimum atomic E-state index is 0.633. The summed E-state index contributed by atoms with van der Waals surface area (Å²) in [6, 6.07) is 8.48. The number of aryl methyl sites for hydroxylation is 1. The normalized spacial score (nSPS) is 14.7. The van der Waals surface area contributed by atoms with Gasteiger partial charge in [-0.25, -0.2) is 0 Å². The van der Waals surface area contributed by atoms with Crippen LogP contribution < -0.4 is 5.32 Å². The number of rotatable bonds is 7. The highest BCUT2D eigenvalue weighted by molar-refractivity contribution is 6.30. The number of hydrogen-bond donors (Lipinski definition) is 1. The first-order valence-electron chi connectivity index (χ1n) is 7.09. The van der Waals surface area contributed by atoms with Crippen molar-refractivity contribution in [1.29, 1.82) is 0 Å². The molecule has 0 atom stereocenters. The lowest BCUT2D eigenvalue weighted by Crippen LogP contribution is -2.17. The van der Waals surface area contributed by atoms with E-state index in [0.29, 0.717) is 12.3 Å². The molecule has 0 aliphatic heterocycles. The van der Waals surface area contributed by atoms with Gasteiger partial charge in [-0.2, -0.15) is 0 Å². The summed E-state index contributed by atoms with van der Waals surface area (Å²) in [5, 5.41) is 12.4. The summed E-state index contributed by atoms with van der Waals surface area (Å²) in [6.45, 7) is 1.02. The Bertz CT molecular complexity index is 566. The molecule has 1 aliphatic carbocycles. The van der Waals surface area contributed by atoms with Gasteiger partial charge in [-0.1, -0.05) is 23.7 Å². The Labute approximate surface area is 123 Å². The Kier molecular flexibility index (Phi) is 4.33. The van der Waals surface area contributed by atoms with E-state index < -0.39 is 0 Å². The molecule has 20 heavy (non-hydrogen) atoms. The maximum atomic E-state index is 5.96. The van der Waals surface area contributed by atoms with Crippen molar-refractivity contribution in [3.8, 4) is 0 Å². The molecule has 1 heterocycles. The van der Waals surface area contributed by atoms with Crippen LogP contribution in [0.1, 0.15) is 36.6 Å². The molecule has 1 aliphatic rings. The van der Waals surface area contributed by atoms with E-state index in [-0.39, 0.29) is 0 Å². The van der Waals surface area contributed by atoms with Crippen LogP contribution in [0.5, 0.6) is 0 Å². The fourth-order valence-corrected chi connectivity index (χ4v) is 2.33. The number of aromatic nitrogens is 2. The molecule has 1 saturated carbocycles. The largest absolute Gasteiger partial charge is 0.425 e. The van der Waals surface area contributed by atoms with Crippen LogP contribution in [0, 0.1) is 0 Å². The predicted molar refractivity (Wildman–Crippen MR) is 77.9 cm³/mol. The summed E-state index contributed by atoms with van der Waals surface area (Å²) in [7, 11) is 0. The molecule has 1 fully saturated rings. The molecule has 0 radical (unpaired) electrons. The molecule has 2 aromatic rings. The van der Waals surface area contributed by atoms with Crippen LogP contribution in [-0.2, 0) is 12.8 Å². The van der Waals surface area contributed by atoms with E-state index in [9.17, 15) is 0 Å². The smallest absolute Gasteiger partial charge is 0.220 e. The summed E-state index contributed by atoms with van der Waals surface area (Å²) in [5.74, 6) is 1.37. The van der Waals surface area contributed by atoms with Crippen LogP contribution in [0.15, 0.2) is 28.7 Å². The van der Waals surface area contributed by atoms with E-state index in [2.05, 4.69) is 15.5 Å². The monoisotopic (exact) mass is 291 g/mol. The second-order valence-corrected chi connectivity index (χ2v) is 5.66. The van der Waals surface area contributed by atoms with Gasteiger partial charge in [0.05, 0.1) is 6.42 Å². The maximum Gasteiger partial charge on any atom is 0.220 e. The maximum absolute atomic E-state index is 5.96. The summed E-state index contributed by atoms with van der Waals surface area (Å²) in [5.41, 5.74) is 1.09. The topological polar surface area (TPSA) is 51.0 Å². The van der Waals surface area contributed by atoms with E-state index >= 15 is 0 Å². The molecule has 0 saturated heterocycles. The van der Waals surface area contributed by atoms with Gasteiger partial charge in [0.25, 0.3) is 0 Å². The molecular formula is C15H18ClN3O. The zero-order valence-electron chi connectivity index (χ0n) is 11.3. The van der Waals surface area contributed by atoms with Gasteiger partial charge >= 0.3 is 0 Å². The summed E-state index contributed by atoms with van der Waals surface area (Å²) >= 11 is 5.96. The minimum absolute atomic E-state index is 0.633. The molecular weight excluding hydrogens is 274 g/mol. The number of nitrogens with one attached hydrogen (secondary N) is 1. The Morgan fingerprint density at radius 1 is 1.25 bits per heavy atom. The average molecular weight is 292 g/mol. The van der Waals surface area contributed by atoms with Crippen molar-refractivity contribution in [2.75, 3.05) is 6.54 Å². The van der Waals surface area contributed by atoms with Crippen molar-refractivity contribution < 1.29 is 4.42 Å². The number of benzene rings is 1. The quantitative estimate of drug-likeness (QED) is 0.797. The molecule has 0 unspecified atom stereocenters. The van der Waals surface area contributed by atoms with Crippen LogP contribution in [-0.4, -0.2) is 22.8 Å². The highest BCUT2D eigenvalue weighted by Gasteiger charge is 2.19. The summed E-state index contributed by atoms with van der Waals surface area (Å²) in [6.07, 6.45) is 5.15. The third-order valence-electron chi connectivity index (χ3n) is 3.33. The summed E-state index contributed by atoms with van der Waals surface area (Å²) < 4.78 is 5.66. The van der Waals surface area contributed by atoms with Crippen molar-refractivity contribution in [3.05, 3.63) is 46.6 Å². The van der Waals surface area contributed by atoms with Gasteiger partial charge in [0, 0.05) is 17.5 Å². The Balaban J connectivity index is 1.48. The fourth-order valence-electron chi connectivity index (χ4n) is 2.12. The lowest BCUT2D eigenvalue weighted by atomic mass is 10.1. The van der Waals surface area contributed by atoms with Crippen molar-refractivity contribution in [2.24, 2.45) is 0 Å². The molecule has 106 valence electrons. The molecule has 3 rings (SSSR count). The zero-order valence-corrected chi connectivity index (χ0v) is 12.1. The van der Waals surface area contributed by atoms with Gasteiger partial charge in [0.2, 0.25) is 11.8 Å². The molecule has 0 amide bonds. The zero-order chi connectivity index (χ0) is 13.8. The molecule has 5 heteroatoms. The van der Waals surface area contributed by atoms with E-state index in [4.69, 9.17) is 16.0 Å². The Morgan fingerprint density at radius 2 is 2.10 bits per heavy atom. The molecule has 0 bridgehead atoms. The average Bonchev–Trinajstić information content (AvgIpc) is 3.15. The molecule has 0 spiro atoms. The first-order valence-corrected chi connectivity index (χ1v) is 7.46. The Hall–Kier alpha value is -1.39. The van der Waals surface area contributed by atoms with Crippen LogP contribution in [0.25, 0.3) is 0 Å². The van der Waals surface area contributed by atoms with Gasteiger partial charge in [-0.15, -0.1) is 10.2 Å². The molecule has 1 aromatic heterocycles. The fraction of sp³-hybridized carbons (Fsp3) is 0.467. The van der Waals surface area contributed by atoms with E-state index in [1.54, 1.807) is 0 Å². The second kappa shape index (κ2) is 6.37. The highest BCUT2D eigenvalue weighted by atomic mass is 35.5. The first-order chi connectivity index (χ1) is 9.79. The summed E-state index contributed by atoms with van der Waals surface area (Å²) in [4.78, 5) is 0. The third-order valence-corrected chi connectivity index (χ3v) is 3.57. The highest BCUT2D eigenvalue weighted by Crippen LogP contribution is 2.18. The number of nitrogens with zero attached hydrogens (tertiary/aromatic N) is 2. The third kappa shape index (κ3) is 4.05. The van der Waals surface area contributed by atoms with E-state index in [0.717, 1.165) is 41.9 Å². The van der Waals surface area contributed by atoms with Gasteiger partial charge in [0.15, 0.2) is 0 Å². The molecule has 1 aromatic carbocycles. The standard InChI is InChI=1S/C15H18ClN3O/c16-12-4-1-3-11(9-12)10-15-19-18-14(20-15)5-2-8-17-13-6-7-13/h1,3-4,9,13,17H,2,5-8,10H2. The molecule has 4 nitrogen and oxygen atoms in total. The van der Waals surface area contributed by atoms with Gasteiger partial charge in [-0.05, 0) is 43.5 Å². The van der Waals surface area contributed by atoms with E-state index in [1.165, 1.54) is 12.8 Å². The number of halogens is 1. The first kappa shape index (κ1) is 13.6. The SMILES string of the molecule is Clc1cccc(Cc2nnc(CCCNC3CC3)o2)c1. The lowest BCUT2D eigenvalue weighted by molar-refractivity contribution is 0.449. The molecule has 1 N–H and O–H groups in total. The van der Waals surface area contributed by atoms with Crippen molar-refractivity contribution in [3.63, 3.8) is 0 Å². The number of hydrogen-bond acceptors (Lipinski definition) is 4. The van der Waals surface area contributed by atoms with Crippen LogP contribution in [0.2, 0.25) is 5.02 Å². The van der Waals surface area contributed by atoms with Gasteiger partial charge < -0.3 is 9.73 Å². The van der Waals surface area contributed by atoms with E-state index in [1.807, 2.05) is 24.3 Å². The Morgan fingerprint density at radius 3 is 2.90 bits per heavy atom. The van der Waals surface area contributed by atoms with Gasteiger partial charge in [-0.3, -0.25) is 0 Å². The second-order valence-electron chi connectivity index (χ2n) is 5.23. The van der Waals surface area contributed by atoms with Crippen molar-refractivity contribution in [2.45, 2.75) is 38.1 Å². The van der Waals surface area contributed by atoms with Crippen LogP contribution >= 0.6 is 11.6 Å². The van der Waals surface area contributed by atoms with Crippen molar-refractivity contribution in [1.82, 2.24) is 15.5 Å². The van der Waals surface area contributed by atoms with Crippen molar-refractivity contribution >= 4 is 11.6 Å². The minimum Gasteiger partial charge on any atom is -0.425 e. The van der Waals surface area contributed by atoms with Crippen LogP contribution in [0.4, 0.5) is 0 Å². The predicted octanol–water partition coefficient (Wildman–Crippen LogP) is 3.00. The lowest BCUT2D eigenvalue weighted by Gasteiger charge is -1.99. The van der Waals surface area contributed by atoms with Crippen LogP contribution in [0.3, 0.4) is 0 Å². The van der Waals surface area contributed by atoms with Gasteiger partial charge in [0.1, 0.15) is 0 Å².